The van der Waals surface area contributed by atoms with E-state index in [1.165, 1.54) is 110 Å². The minimum Gasteiger partial charge on any atom is -0.126 e. The summed E-state index contributed by atoms with van der Waals surface area (Å²) in [6.07, 6.45) is 16.3. The first kappa shape index (κ1) is 26.3. The molecule has 0 N–H and O–H groups in total. The molecule has 1 aromatic rings. The van der Waals surface area contributed by atoms with Crippen molar-refractivity contribution >= 4 is 35.3 Å². The second-order valence-electron chi connectivity index (χ2n) is 7.79. The second-order valence-corrected chi connectivity index (χ2v) is 11.2. The van der Waals surface area contributed by atoms with Gasteiger partial charge in [-0.3, -0.25) is 0 Å². The van der Waals surface area contributed by atoms with Gasteiger partial charge in [0.1, 0.15) is 0 Å². The van der Waals surface area contributed by atoms with E-state index in [4.69, 9.17) is 0 Å². The number of hydrogen-bond donors (Lipinski definition) is 0. The summed E-state index contributed by atoms with van der Waals surface area (Å²) in [5.74, 6) is 3.81. The third-order valence-electron chi connectivity index (χ3n) is 5.01. The van der Waals surface area contributed by atoms with Crippen molar-refractivity contribution in [2.45, 2.75) is 119 Å². The summed E-state index contributed by atoms with van der Waals surface area (Å²) in [4.78, 5) is 4.59. The maximum Gasteiger partial charge on any atom is 0.0219 e. The molecule has 0 unspecified atom stereocenters. The molecule has 162 valence electrons. The molecule has 3 heteroatoms. The zero-order chi connectivity index (χ0) is 20.5. The van der Waals surface area contributed by atoms with E-state index >= 15 is 0 Å². The molecule has 0 saturated heterocycles. The van der Waals surface area contributed by atoms with E-state index in [1.807, 2.05) is 0 Å². The summed E-state index contributed by atoms with van der Waals surface area (Å²) in [5, 5.41) is 0. The molecule has 0 bridgehead atoms. The average molecular weight is 441 g/mol. The molecule has 0 amide bonds. The number of thioether (sulfide) groups is 3. The zero-order valence-corrected chi connectivity index (χ0v) is 21.4. The number of benzene rings is 1. The van der Waals surface area contributed by atoms with Crippen LogP contribution in [-0.2, 0) is 0 Å². The van der Waals surface area contributed by atoms with Crippen LogP contribution in [0, 0.1) is 6.92 Å². The predicted molar refractivity (Wildman–Crippen MR) is 136 cm³/mol. The van der Waals surface area contributed by atoms with Crippen LogP contribution in [0.3, 0.4) is 0 Å². The van der Waals surface area contributed by atoms with Gasteiger partial charge >= 0.3 is 0 Å². The predicted octanol–water partition coefficient (Wildman–Crippen LogP) is 10.0. The number of unbranched alkanes of at least 4 members (excludes halogenated alkanes) is 9. The molecular formula is C25H44S3. The van der Waals surface area contributed by atoms with Gasteiger partial charge < -0.3 is 0 Å². The van der Waals surface area contributed by atoms with E-state index in [0.717, 1.165) is 0 Å². The van der Waals surface area contributed by atoms with Crippen molar-refractivity contribution in [3.8, 4) is 0 Å². The summed E-state index contributed by atoms with van der Waals surface area (Å²) < 4.78 is 0. The maximum absolute atomic E-state index is 2.51. The van der Waals surface area contributed by atoms with Gasteiger partial charge in [0.05, 0.1) is 0 Å². The maximum atomic E-state index is 2.51. The number of rotatable bonds is 18. The van der Waals surface area contributed by atoms with Gasteiger partial charge in [0, 0.05) is 14.7 Å². The second kappa shape index (κ2) is 18.1. The lowest BCUT2D eigenvalue weighted by molar-refractivity contribution is 0.706. The molecule has 28 heavy (non-hydrogen) atoms. The fourth-order valence-corrected chi connectivity index (χ4v) is 6.64. The van der Waals surface area contributed by atoms with E-state index < -0.39 is 0 Å². The largest absolute Gasteiger partial charge is 0.126 e. The van der Waals surface area contributed by atoms with Crippen LogP contribution in [0.15, 0.2) is 26.8 Å². The number of aryl methyl sites for hydroxylation is 1. The lowest BCUT2D eigenvalue weighted by atomic mass is 10.2. The van der Waals surface area contributed by atoms with E-state index in [-0.39, 0.29) is 0 Å². The van der Waals surface area contributed by atoms with Gasteiger partial charge in [-0.1, -0.05) is 78.6 Å². The van der Waals surface area contributed by atoms with Crippen LogP contribution < -0.4 is 0 Å². The fraction of sp³-hybridized carbons (Fsp3) is 0.760. The monoisotopic (exact) mass is 440 g/mol. The van der Waals surface area contributed by atoms with Crippen molar-refractivity contribution in [1.82, 2.24) is 0 Å². The van der Waals surface area contributed by atoms with Crippen LogP contribution in [0.2, 0.25) is 0 Å². The Kier molecular flexibility index (Phi) is 17.0. The van der Waals surface area contributed by atoms with Gasteiger partial charge in [-0.15, -0.1) is 35.3 Å². The highest BCUT2D eigenvalue weighted by atomic mass is 32.2. The Bertz CT molecular complexity index is 499. The Morgan fingerprint density at radius 1 is 0.500 bits per heavy atom. The Balaban J connectivity index is 2.65. The molecule has 0 nitrogen and oxygen atoms in total. The quantitative estimate of drug-likeness (QED) is 0.164. The molecule has 0 atom stereocenters. The first-order valence-electron chi connectivity index (χ1n) is 11.8. The van der Waals surface area contributed by atoms with Gasteiger partial charge in [-0.25, -0.2) is 0 Å². The van der Waals surface area contributed by atoms with Crippen LogP contribution in [0.1, 0.15) is 103 Å². The molecular weight excluding hydrogens is 396 g/mol. The van der Waals surface area contributed by atoms with E-state index in [1.54, 1.807) is 4.90 Å². The molecule has 1 rings (SSSR count). The van der Waals surface area contributed by atoms with Crippen LogP contribution in [0.25, 0.3) is 0 Å². The minimum atomic E-state index is 1.27. The smallest absolute Gasteiger partial charge is 0.0219 e. The van der Waals surface area contributed by atoms with Gasteiger partial charge in [-0.2, -0.15) is 0 Å². The SMILES string of the molecule is CCCCCCSc1cc(SCCCCCC)c(SCCCCCC)cc1C. The van der Waals surface area contributed by atoms with Crippen LogP contribution in [0.4, 0.5) is 0 Å². The Labute approximate surface area is 189 Å². The Morgan fingerprint density at radius 3 is 1.32 bits per heavy atom. The first-order chi connectivity index (χ1) is 13.7. The summed E-state index contributed by atoms with van der Waals surface area (Å²) >= 11 is 6.28. The molecule has 0 aliphatic heterocycles. The van der Waals surface area contributed by atoms with Crippen LogP contribution >= 0.6 is 35.3 Å². The molecule has 0 aliphatic carbocycles. The minimum absolute atomic E-state index is 1.27. The van der Waals surface area contributed by atoms with Crippen molar-refractivity contribution in [2.24, 2.45) is 0 Å². The van der Waals surface area contributed by atoms with Gasteiger partial charge in [-0.05, 0) is 61.1 Å². The molecule has 0 aromatic heterocycles. The van der Waals surface area contributed by atoms with E-state index in [2.05, 4.69) is 75.1 Å². The standard InChI is InChI=1S/C25H44S3/c1-5-8-11-14-17-26-23-21-25(28-19-16-13-10-7-3)24(20-22(23)4)27-18-15-12-9-6-2/h20-21H,5-19H2,1-4H3. The lowest BCUT2D eigenvalue weighted by Crippen LogP contribution is -1.91. The highest BCUT2D eigenvalue weighted by Crippen LogP contribution is 2.37. The third kappa shape index (κ3) is 12.1. The highest BCUT2D eigenvalue weighted by Gasteiger charge is 2.10. The van der Waals surface area contributed by atoms with Crippen molar-refractivity contribution in [3.05, 3.63) is 17.7 Å². The Hall–Kier alpha value is 0.270. The fourth-order valence-electron chi connectivity index (χ4n) is 3.16. The topological polar surface area (TPSA) is 0 Å². The summed E-state index contributed by atoms with van der Waals surface area (Å²) in [5.41, 5.74) is 1.48. The highest BCUT2D eigenvalue weighted by molar-refractivity contribution is 8.02. The summed E-state index contributed by atoms with van der Waals surface area (Å²) in [6.45, 7) is 9.19. The van der Waals surface area contributed by atoms with Gasteiger partial charge in [0.2, 0.25) is 0 Å². The van der Waals surface area contributed by atoms with Crippen molar-refractivity contribution in [2.75, 3.05) is 17.3 Å². The van der Waals surface area contributed by atoms with Crippen molar-refractivity contribution in [1.29, 1.82) is 0 Å². The van der Waals surface area contributed by atoms with Crippen molar-refractivity contribution < 1.29 is 0 Å². The van der Waals surface area contributed by atoms with Gasteiger partial charge in [0.25, 0.3) is 0 Å². The summed E-state index contributed by atoms with van der Waals surface area (Å²) in [7, 11) is 0. The van der Waals surface area contributed by atoms with Crippen LogP contribution in [0.5, 0.6) is 0 Å². The molecule has 0 heterocycles. The normalized spacial score (nSPS) is 11.3. The molecule has 0 saturated carbocycles. The first-order valence-corrected chi connectivity index (χ1v) is 14.7. The van der Waals surface area contributed by atoms with Gasteiger partial charge in [0.15, 0.2) is 0 Å². The molecule has 0 aliphatic rings. The molecule has 0 spiro atoms. The van der Waals surface area contributed by atoms with Crippen molar-refractivity contribution in [3.63, 3.8) is 0 Å². The van der Waals surface area contributed by atoms with Crippen LogP contribution in [-0.4, -0.2) is 17.3 Å². The molecule has 1 aromatic carbocycles. The average Bonchev–Trinajstić information content (AvgIpc) is 2.69. The molecule has 0 fully saturated rings. The number of hydrogen-bond acceptors (Lipinski definition) is 3. The zero-order valence-electron chi connectivity index (χ0n) is 19.0. The van der Waals surface area contributed by atoms with E-state index in [0.29, 0.717) is 0 Å². The Morgan fingerprint density at radius 2 is 0.893 bits per heavy atom. The van der Waals surface area contributed by atoms with E-state index in [9.17, 15) is 0 Å². The lowest BCUT2D eigenvalue weighted by Gasteiger charge is -2.14. The summed E-state index contributed by atoms with van der Waals surface area (Å²) in [6, 6.07) is 4.99. The third-order valence-corrected chi connectivity index (χ3v) is 8.66. The molecule has 0 radical (unpaired) electrons.